The highest BCUT2D eigenvalue weighted by atomic mass is 16.2. The van der Waals surface area contributed by atoms with E-state index in [0.29, 0.717) is 12.1 Å². The van der Waals surface area contributed by atoms with Crippen molar-refractivity contribution in [1.82, 2.24) is 25.0 Å². The van der Waals surface area contributed by atoms with E-state index in [2.05, 4.69) is 27.0 Å². The summed E-state index contributed by atoms with van der Waals surface area (Å²) in [4.78, 5) is 13.7. The number of amides is 1. The van der Waals surface area contributed by atoms with Gasteiger partial charge in [0, 0.05) is 39.2 Å². The van der Waals surface area contributed by atoms with Gasteiger partial charge in [-0.2, -0.15) is 0 Å². The van der Waals surface area contributed by atoms with Crippen molar-refractivity contribution in [3.8, 4) is 0 Å². The first-order valence-electron chi connectivity index (χ1n) is 8.52. The van der Waals surface area contributed by atoms with Crippen LogP contribution in [0, 0.1) is 0 Å². The van der Waals surface area contributed by atoms with Crippen molar-refractivity contribution in [2.45, 2.75) is 45.3 Å². The van der Waals surface area contributed by atoms with Crippen molar-refractivity contribution in [3.05, 3.63) is 47.0 Å². The SMILES string of the molecule is C[C@H](NCc1cccc(C(=O)N(C)C)c1)c1nnc2n1CCCC2. The molecule has 24 heavy (non-hydrogen) atoms. The van der Waals surface area contributed by atoms with Crippen molar-refractivity contribution in [1.29, 1.82) is 0 Å². The van der Waals surface area contributed by atoms with Gasteiger partial charge in [-0.25, -0.2) is 0 Å². The smallest absolute Gasteiger partial charge is 0.253 e. The van der Waals surface area contributed by atoms with E-state index in [-0.39, 0.29) is 11.9 Å². The van der Waals surface area contributed by atoms with Crippen molar-refractivity contribution in [2.75, 3.05) is 14.1 Å². The topological polar surface area (TPSA) is 63.1 Å². The molecule has 1 aromatic heterocycles. The Morgan fingerprint density at radius 1 is 1.33 bits per heavy atom. The zero-order chi connectivity index (χ0) is 17.1. The maximum Gasteiger partial charge on any atom is 0.253 e. The van der Waals surface area contributed by atoms with Crippen LogP contribution in [-0.4, -0.2) is 39.7 Å². The zero-order valence-electron chi connectivity index (χ0n) is 14.6. The number of aryl methyl sites for hydroxylation is 1. The second-order valence-corrected chi connectivity index (χ2v) is 6.59. The number of nitrogens with zero attached hydrogens (tertiary/aromatic N) is 4. The van der Waals surface area contributed by atoms with Crippen LogP contribution in [0.5, 0.6) is 0 Å². The van der Waals surface area contributed by atoms with Crippen LogP contribution in [0.4, 0.5) is 0 Å². The maximum absolute atomic E-state index is 12.1. The van der Waals surface area contributed by atoms with E-state index in [1.807, 2.05) is 24.3 Å². The largest absolute Gasteiger partial charge is 0.345 e. The van der Waals surface area contributed by atoms with Crippen molar-refractivity contribution >= 4 is 5.91 Å². The van der Waals surface area contributed by atoms with Gasteiger partial charge >= 0.3 is 0 Å². The third-order valence-corrected chi connectivity index (χ3v) is 4.47. The van der Waals surface area contributed by atoms with Crippen LogP contribution in [0.15, 0.2) is 24.3 Å². The molecule has 0 unspecified atom stereocenters. The van der Waals surface area contributed by atoms with Crippen molar-refractivity contribution in [3.63, 3.8) is 0 Å². The van der Waals surface area contributed by atoms with Gasteiger partial charge in [0.15, 0.2) is 0 Å². The second kappa shape index (κ2) is 7.13. The Kier molecular flexibility index (Phi) is 4.94. The predicted octanol–water partition coefficient (Wildman–Crippen LogP) is 2.17. The molecule has 1 atom stereocenters. The molecule has 2 heterocycles. The Balaban J connectivity index is 1.66. The minimum atomic E-state index is 0.0245. The van der Waals surface area contributed by atoms with Crippen LogP contribution in [0.1, 0.15) is 53.4 Å². The van der Waals surface area contributed by atoms with E-state index >= 15 is 0 Å². The Bertz CT molecular complexity index is 722. The van der Waals surface area contributed by atoms with Gasteiger partial charge in [-0.15, -0.1) is 10.2 Å². The first-order valence-corrected chi connectivity index (χ1v) is 8.52. The van der Waals surface area contributed by atoms with E-state index in [1.54, 1.807) is 19.0 Å². The molecule has 1 amide bonds. The van der Waals surface area contributed by atoms with Gasteiger partial charge in [0.1, 0.15) is 11.6 Å². The number of hydrogen-bond donors (Lipinski definition) is 1. The molecule has 0 bridgehead atoms. The molecule has 128 valence electrons. The molecule has 0 fully saturated rings. The molecule has 1 N–H and O–H groups in total. The van der Waals surface area contributed by atoms with E-state index in [0.717, 1.165) is 30.2 Å². The summed E-state index contributed by atoms with van der Waals surface area (Å²) in [6.07, 6.45) is 3.42. The quantitative estimate of drug-likeness (QED) is 0.914. The number of carbonyl (C=O) groups excluding carboxylic acids is 1. The van der Waals surface area contributed by atoms with Gasteiger partial charge in [-0.05, 0) is 37.5 Å². The van der Waals surface area contributed by atoms with E-state index in [9.17, 15) is 4.79 Å². The first-order chi connectivity index (χ1) is 11.6. The molecule has 1 aliphatic heterocycles. The highest BCUT2D eigenvalue weighted by Gasteiger charge is 2.19. The summed E-state index contributed by atoms with van der Waals surface area (Å²) in [5.74, 6) is 2.13. The maximum atomic E-state index is 12.1. The fourth-order valence-electron chi connectivity index (χ4n) is 3.09. The summed E-state index contributed by atoms with van der Waals surface area (Å²) in [5.41, 5.74) is 1.81. The Labute approximate surface area is 142 Å². The molecular formula is C18H25N5O. The van der Waals surface area contributed by atoms with Gasteiger partial charge < -0.3 is 14.8 Å². The van der Waals surface area contributed by atoms with Crippen LogP contribution in [0.2, 0.25) is 0 Å². The lowest BCUT2D eigenvalue weighted by Crippen LogP contribution is -2.24. The van der Waals surface area contributed by atoms with Gasteiger partial charge in [-0.1, -0.05) is 12.1 Å². The first kappa shape index (κ1) is 16.6. The van der Waals surface area contributed by atoms with Crippen LogP contribution in [0.25, 0.3) is 0 Å². The van der Waals surface area contributed by atoms with Crippen LogP contribution < -0.4 is 5.32 Å². The monoisotopic (exact) mass is 327 g/mol. The van der Waals surface area contributed by atoms with Crippen LogP contribution in [0.3, 0.4) is 0 Å². The summed E-state index contributed by atoms with van der Waals surface area (Å²) >= 11 is 0. The van der Waals surface area contributed by atoms with Crippen LogP contribution >= 0.6 is 0 Å². The second-order valence-electron chi connectivity index (χ2n) is 6.59. The molecule has 0 aliphatic carbocycles. The molecule has 1 aromatic carbocycles. The lowest BCUT2D eigenvalue weighted by Gasteiger charge is -2.19. The number of carbonyl (C=O) groups is 1. The lowest BCUT2D eigenvalue weighted by molar-refractivity contribution is 0.0827. The molecule has 0 spiro atoms. The Morgan fingerprint density at radius 2 is 2.17 bits per heavy atom. The number of hydrogen-bond acceptors (Lipinski definition) is 4. The van der Waals surface area contributed by atoms with E-state index in [1.165, 1.54) is 12.8 Å². The molecule has 6 heteroatoms. The summed E-state index contributed by atoms with van der Waals surface area (Å²) in [6.45, 7) is 3.81. The van der Waals surface area contributed by atoms with Gasteiger partial charge in [0.05, 0.1) is 6.04 Å². The number of rotatable bonds is 5. The number of fused-ring (bicyclic) bond motifs is 1. The lowest BCUT2D eigenvalue weighted by atomic mass is 10.1. The molecule has 6 nitrogen and oxygen atoms in total. The minimum Gasteiger partial charge on any atom is -0.345 e. The minimum absolute atomic E-state index is 0.0245. The van der Waals surface area contributed by atoms with Gasteiger partial charge in [0.25, 0.3) is 5.91 Å². The van der Waals surface area contributed by atoms with Crippen molar-refractivity contribution < 1.29 is 4.79 Å². The zero-order valence-corrected chi connectivity index (χ0v) is 14.6. The fraction of sp³-hybridized carbons (Fsp3) is 0.500. The summed E-state index contributed by atoms with van der Waals surface area (Å²) < 4.78 is 2.24. The van der Waals surface area contributed by atoms with Crippen molar-refractivity contribution in [2.24, 2.45) is 0 Å². The summed E-state index contributed by atoms with van der Waals surface area (Å²) in [5, 5.41) is 12.2. The fourth-order valence-corrected chi connectivity index (χ4v) is 3.09. The van der Waals surface area contributed by atoms with E-state index < -0.39 is 0 Å². The number of aromatic nitrogens is 3. The van der Waals surface area contributed by atoms with Gasteiger partial charge in [0.2, 0.25) is 0 Å². The Hall–Kier alpha value is -2.21. The average molecular weight is 327 g/mol. The standard InChI is InChI=1S/C18H25N5O/c1-13(17-21-20-16-9-4-5-10-23(16)17)19-12-14-7-6-8-15(11-14)18(24)22(2)3/h6-8,11,13,19H,4-5,9-10,12H2,1-3H3/t13-/m0/s1. The molecule has 0 saturated heterocycles. The molecule has 2 aromatic rings. The molecule has 3 rings (SSSR count). The number of benzene rings is 1. The predicted molar refractivity (Wildman–Crippen MR) is 92.7 cm³/mol. The van der Waals surface area contributed by atoms with Gasteiger partial charge in [-0.3, -0.25) is 4.79 Å². The molecular weight excluding hydrogens is 302 g/mol. The molecule has 1 aliphatic rings. The summed E-state index contributed by atoms with van der Waals surface area (Å²) in [6, 6.07) is 7.88. The van der Waals surface area contributed by atoms with E-state index in [4.69, 9.17) is 0 Å². The molecule has 0 radical (unpaired) electrons. The highest BCUT2D eigenvalue weighted by Crippen LogP contribution is 2.19. The molecule has 0 saturated carbocycles. The average Bonchev–Trinajstić information content (AvgIpc) is 3.03. The Morgan fingerprint density at radius 3 is 2.96 bits per heavy atom. The van der Waals surface area contributed by atoms with Crippen LogP contribution in [-0.2, 0) is 19.5 Å². The third kappa shape index (κ3) is 3.48. The third-order valence-electron chi connectivity index (χ3n) is 4.47. The normalized spacial score (nSPS) is 15.0. The summed E-state index contributed by atoms with van der Waals surface area (Å²) in [7, 11) is 3.54. The number of nitrogens with one attached hydrogen (secondary N) is 1. The highest BCUT2D eigenvalue weighted by molar-refractivity contribution is 5.94.